The molecular formula is C18H19ClN2O3S. The van der Waals surface area contributed by atoms with Gasteiger partial charge in [-0.3, -0.25) is 9.10 Å². The molecule has 0 heterocycles. The number of anilines is 2. The Balaban J connectivity index is 2.23. The highest BCUT2D eigenvalue weighted by Crippen LogP contribution is 2.24. The molecule has 2 rings (SSSR count). The van der Waals surface area contributed by atoms with Crippen molar-refractivity contribution in [3.05, 3.63) is 71.3 Å². The van der Waals surface area contributed by atoms with Gasteiger partial charge < -0.3 is 5.32 Å². The van der Waals surface area contributed by atoms with Crippen LogP contribution < -0.4 is 9.62 Å². The average Bonchev–Trinajstić information content (AvgIpc) is 2.56. The molecule has 1 amide bonds. The molecule has 0 aromatic heterocycles. The summed E-state index contributed by atoms with van der Waals surface area (Å²) in [5, 5.41) is 3.37. The third-order valence-corrected chi connectivity index (χ3v) is 5.20. The van der Waals surface area contributed by atoms with E-state index in [2.05, 4.69) is 11.9 Å². The highest BCUT2D eigenvalue weighted by Gasteiger charge is 2.16. The Morgan fingerprint density at radius 1 is 1.24 bits per heavy atom. The fourth-order valence-corrected chi connectivity index (χ4v) is 3.32. The molecule has 25 heavy (non-hydrogen) atoms. The van der Waals surface area contributed by atoms with Crippen LogP contribution >= 0.6 is 11.6 Å². The minimum absolute atomic E-state index is 0.159. The molecule has 0 spiro atoms. The van der Waals surface area contributed by atoms with Gasteiger partial charge >= 0.3 is 0 Å². The highest BCUT2D eigenvalue weighted by molar-refractivity contribution is 7.92. The summed E-state index contributed by atoms with van der Waals surface area (Å²) in [7, 11) is -3.43. The van der Waals surface area contributed by atoms with Crippen molar-refractivity contribution in [2.45, 2.75) is 6.92 Å². The van der Waals surface area contributed by atoms with Crippen molar-refractivity contribution in [2.75, 3.05) is 22.4 Å². The van der Waals surface area contributed by atoms with Gasteiger partial charge in [-0.05, 0) is 48.9 Å². The van der Waals surface area contributed by atoms with Crippen LogP contribution in [0.4, 0.5) is 11.4 Å². The first-order chi connectivity index (χ1) is 11.7. The average molecular weight is 379 g/mol. The summed E-state index contributed by atoms with van der Waals surface area (Å²) in [6.45, 7) is 5.55. The number of rotatable bonds is 6. The summed E-state index contributed by atoms with van der Waals surface area (Å²) < 4.78 is 24.9. The van der Waals surface area contributed by atoms with E-state index in [1.54, 1.807) is 42.5 Å². The lowest BCUT2D eigenvalue weighted by molar-refractivity contribution is 0.102. The first kappa shape index (κ1) is 19.0. The van der Waals surface area contributed by atoms with Crippen LogP contribution in [0.5, 0.6) is 0 Å². The molecule has 0 saturated heterocycles. The molecule has 2 aromatic carbocycles. The normalized spacial score (nSPS) is 11.0. The fourth-order valence-electron chi connectivity index (χ4n) is 2.27. The van der Waals surface area contributed by atoms with E-state index in [1.165, 1.54) is 10.4 Å². The molecule has 1 N–H and O–H groups in total. The van der Waals surface area contributed by atoms with Gasteiger partial charge in [0.1, 0.15) is 0 Å². The summed E-state index contributed by atoms with van der Waals surface area (Å²) in [6.07, 6.45) is 2.63. The predicted octanol–water partition coefficient (Wildman–Crippen LogP) is 3.85. The molecule has 0 unspecified atom stereocenters. The van der Waals surface area contributed by atoms with Crippen molar-refractivity contribution >= 4 is 38.9 Å². The van der Waals surface area contributed by atoms with E-state index in [0.29, 0.717) is 22.0 Å². The van der Waals surface area contributed by atoms with Crippen LogP contribution in [0.25, 0.3) is 0 Å². The van der Waals surface area contributed by atoms with Crippen LogP contribution in [0.1, 0.15) is 15.9 Å². The van der Waals surface area contributed by atoms with Crippen LogP contribution in [-0.2, 0) is 10.0 Å². The second-order valence-corrected chi connectivity index (χ2v) is 7.81. The number of carbonyl (C=O) groups excluding carboxylic acids is 1. The molecule has 0 fully saturated rings. The van der Waals surface area contributed by atoms with Crippen molar-refractivity contribution in [1.29, 1.82) is 0 Å². The van der Waals surface area contributed by atoms with Gasteiger partial charge in [0.25, 0.3) is 5.91 Å². The van der Waals surface area contributed by atoms with Gasteiger partial charge in [0.2, 0.25) is 10.0 Å². The number of halogens is 1. The Bertz CT molecular complexity index is 893. The van der Waals surface area contributed by atoms with E-state index >= 15 is 0 Å². The minimum Gasteiger partial charge on any atom is -0.322 e. The third kappa shape index (κ3) is 4.61. The monoisotopic (exact) mass is 378 g/mol. The Kier molecular flexibility index (Phi) is 5.87. The molecule has 5 nitrogen and oxygen atoms in total. The van der Waals surface area contributed by atoms with E-state index in [-0.39, 0.29) is 12.5 Å². The quantitative estimate of drug-likeness (QED) is 0.776. The highest BCUT2D eigenvalue weighted by atomic mass is 35.5. The maximum absolute atomic E-state index is 12.4. The molecule has 0 aliphatic carbocycles. The lowest BCUT2D eigenvalue weighted by Gasteiger charge is -2.20. The van der Waals surface area contributed by atoms with Crippen molar-refractivity contribution in [3.63, 3.8) is 0 Å². The largest absolute Gasteiger partial charge is 0.322 e. The van der Waals surface area contributed by atoms with Crippen LogP contribution in [0.2, 0.25) is 5.02 Å². The first-order valence-corrected chi connectivity index (χ1v) is 9.72. The van der Waals surface area contributed by atoms with Crippen LogP contribution in [-0.4, -0.2) is 27.1 Å². The van der Waals surface area contributed by atoms with Gasteiger partial charge in [-0.1, -0.05) is 23.7 Å². The zero-order chi connectivity index (χ0) is 18.6. The molecule has 0 aliphatic rings. The van der Waals surface area contributed by atoms with Crippen LogP contribution in [0.3, 0.4) is 0 Å². The molecule has 0 aliphatic heterocycles. The number of sulfonamides is 1. The van der Waals surface area contributed by atoms with E-state index in [9.17, 15) is 13.2 Å². The number of amides is 1. The van der Waals surface area contributed by atoms with Gasteiger partial charge in [0.15, 0.2) is 0 Å². The second-order valence-electron chi connectivity index (χ2n) is 5.50. The first-order valence-electron chi connectivity index (χ1n) is 7.49. The topological polar surface area (TPSA) is 66.5 Å². The zero-order valence-corrected chi connectivity index (χ0v) is 15.6. The molecule has 0 radical (unpaired) electrons. The maximum Gasteiger partial charge on any atom is 0.255 e. The molecule has 7 heteroatoms. The van der Waals surface area contributed by atoms with Gasteiger partial charge in [-0.15, -0.1) is 6.58 Å². The number of nitrogens with zero attached hydrogens (tertiary/aromatic N) is 1. The minimum atomic E-state index is -3.43. The lowest BCUT2D eigenvalue weighted by atomic mass is 10.1. The summed E-state index contributed by atoms with van der Waals surface area (Å²) in [5.41, 5.74) is 2.29. The van der Waals surface area contributed by atoms with E-state index in [1.807, 2.05) is 6.92 Å². The molecule has 132 valence electrons. The van der Waals surface area contributed by atoms with E-state index in [0.717, 1.165) is 11.8 Å². The zero-order valence-electron chi connectivity index (χ0n) is 14.0. The van der Waals surface area contributed by atoms with Crippen molar-refractivity contribution in [3.8, 4) is 0 Å². The lowest BCUT2D eigenvalue weighted by Crippen LogP contribution is -2.29. The van der Waals surface area contributed by atoms with Gasteiger partial charge in [-0.25, -0.2) is 8.42 Å². The van der Waals surface area contributed by atoms with Crippen molar-refractivity contribution in [2.24, 2.45) is 0 Å². The van der Waals surface area contributed by atoms with Crippen molar-refractivity contribution in [1.82, 2.24) is 0 Å². The Hall–Kier alpha value is -2.31. The van der Waals surface area contributed by atoms with E-state index in [4.69, 9.17) is 11.6 Å². The number of nitrogens with one attached hydrogen (secondary N) is 1. The van der Waals surface area contributed by atoms with Gasteiger partial charge in [0.05, 0.1) is 18.5 Å². The number of carbonyl (C=O) groups is 1. The summed E-state index contributed by atoms with van der Waals surface area (Å²) in [4.78, 5) is 12.4. The fraction of sp³-hybridized carbons (Fsp3) is 0.167. The number of hydrogen-bond acceptors (Lipinski definition) is 3. The molecule has 0 bridgehead atoms. The van der Waals surface area contributed by atoms with Crippen LogP contribution in [0, 0.1) is 6.92 Å². The van der Waals surface area contributed by atoms with Crippen LogP contribution in [0.15, 0.2) is 55.1 Å². The van der Waals surface area contributed by atoms with Crippen molar-refractivity contribution < 1.29 is 13.2 Å². The Morgan fingerprint density at radius 3 is 2.44 bits per heavy atom. The van der Waals surface area contributed by atoms with Gasteiger partial charge in [-0.2, -0.15) is 0 Å². The second kappa shape index (κ2) is 7.72. The Morgan fingerprint density at radius 2 is 1.88 bits per heavy atom. The Labute approximate surface area is 153 Å². The molecule has 2 aromatic rings. The number of benzene rings is 2. The molecule has 0 saturated carbocycles. The summed E-state index contributed by atoms with van der Waals surface area (Å²) in [6, 6.07) is 11.6. The standard InChI is InChI=1S/C18H19ClN2O3S/c1-4-12-21(25(3,23)24)15-10-8-14(9-11-15)18(22)20-17-7-5-6-16(19)13(17)2/h4-11H,1,12H2,2-3H3,(H,20,22). The predicted molar refractivity (Wildman–Crippen MR) is 103 cm³/mol. The number of hydrogen-bond donors (Lipinski definition) is 1. The molecular weight excluding hydrogens is 360 g/mol. The molecule has 0 atom stereocenters. The maximum atomic E-state index is 12.4. The van der Waals surface area contributed by atoms with E-state index < -0.39 is 10.0 Å². The summed E-state index contributed by atoms with van der Waals surface area (Å²) in [5.74, 6) is -0.299. The van der Waals surface area contributed by atoms with Gasteiger partial charge in [0, 0.05) is 16.3 Å². The third-order valence-electron chi connectivity index (χ3n) is 3.63. The SMILES string of the molecule is C=CCN(c1ccc(C(=O)Nc2cccc(Cl)c2C)cc1)S(C)(=O)=O. The smallest absolute Gasteiger partial charge is 0.255 e. The summed E-state index contributed by atoms with van der Waals surface area (Å²) >= 11 is 6.05.